The zero-order valence-corrected chi connectivity index (χ0v) is 21.8. The molecule has 0 aromatic carbocycles. The van der Waals surface area contributed by atoms with Gasteiger partial charge in [-0.15, -0.1) is 0 Å². The normalized spacial score (nSPS) is 15.7. The summed E-state index contributed by atoms with van der Waals surface area (Å²) in [6.45, 7) is 16.9. The predicted molar refractivity (Wildman–Crippen MR) is 103 cm³/mol. The Morgan fingerprint density at radius 1 is 1.04 bits per heavy atom. The summed E-state index contributed by atoms with van der Waals surface area (Å²) in [6, 6.07) is 0. The zero-order chi connectivity index (χ0) is 21.6. The van der Waals surface area contributed by atoms with Crippen LogP contribution in [-0.2, 0) is 20.1 Å². The second kappa shape index (κ2) is 10.8. The fourth-order valence-electron chi connectivity index (χ4n) is 3.45. The van der Waals surface area contributed by atoms with Crippen LogP contribution >= 0.6 is 0 Å². The topological polar surface area (TPSA) is 61.8 Å². The summed E-state index contributed by atoms with van der Waals surface area (Å²) in [5, 5.41) is 0. The molecule has 160 valence electrons. The van der Waals surface area contributed by atoms with E-state index in [1.807, 2.05) is 6.92 Å². The number of alkyl halides is 3. The molecule has 0 aromatic rings. The minimum atomic E-state index is -5.60. The van der Waals surface area contributed by atoms with Gasteiger partial charge in [-0.3, -0.25) is 0 Å². The van der Waals surface area contributed by atoms with Crippen LogP contribution in [0.4, 0.5) is 13.2 Å². The van der Waals surface area contributed by atoms with Gasteiger partial charge in [-0.05, 0) is 0 Å². The Morgan fingerprint density at radius 3 is 1.81 bits per heavy atom. The van der Waals surface area contributed by atoms with E-state index < -0.39 is 45.9 Å². The Morgan fingerprint density at radius 2 is 1.48 bits per heavy atom. The average Bonchev–Trinajstić information content (AvgIpc) is 2.49. The van der Waals surface area contributed by atoms with E-state index >= 15 is 0 Å². The Bertz CT molecular complexity index is 570. The van der Waals surface area contributed by atoms with Gasteiger partial charge in [0.25, 0.3) is 0 Å². The van der Waals surface area contributed by atoms with Crippen molar-refractivity contribution in [2.75, 3.05) is 6.61 Å². The number of rotatable bonds is 11. The molecule has 0 unspecified atom stereocenters. The Kier molecular flexibility index (Phi) is 10.9. The first-order valence-electron chi connectivity index (χ1n) is 8.85. The van der Waals surface area contributed by atoms with Crippen molar-refractivity contribution in [2.24, 2.45) is 5.92 Å². The summed E-state index contributed by atoms with van der Waals surface area (Å²) in [5.74, 6) is 0.189. The summed E-state index contributed by atoms with van der Waals surface area (Å²) < 4.78 is 74.6. The molecule has 11 heteroatoms. The Hall–Kier alpha value is 0.216. The van der Waals surface area contributed by atoms with Crippen molar-refractivity contribution in [2.45, 2.75) is 77.5 Å². The molecule has 0 N–H and O–H groups in total. The Labute approximate surface area is 173 Å². The van der Waals surface area contributed by atoms with E-state index in [9.17, 15) is 21.6 Å². The van der Waals surface area contributed by atoms with Crippen molar-refractivity contribution in [3.05, 3.63) is 11.8 Å². The Balaban J connectivity index is 4.99. The summed E-state index contributed by atoms with van der Waals surface area (Å²) in [7, 11) is -7.68. The molecular weight excluding hydrogens is 508 g/mol. The second-order valence-electron chi connectivity index (χ2n) is 7.39. The van der Waals surface area contributed by atoms with Crippen molar-refractivity contribution < 1.29 is 31.6 Å². The van der Waals surface area contributed by atoms with Crippen LogP contribution < -0.4 is 0 Å². The van der Waals surface area contributed by atoms with Crippen LogP contribution in [0, 0.1) is 5.92 Å². The number of halogens is 3. The first kappa shape index (κ1) is 27.2. The molecule has 0 rings (SSSR count). The van der Waals surface area contributed by atoms with Gasteiger partial charge in [0.15, 0.2) is 0 Å². The third-order valence-electron chi connectivity index (χ3n) is 4.65. The molecule has 0 aliphatic rings. The van der Waals surface area contributed by atoms with Crippen LogP contribution in [-0.4, -0.2) is 50.8 Å². The molecule has 0 saturated carbocycles. The summed E-state index contributed by atoms with van der Waals surface area (Å²) in [5.41, 5.74) is -4.23. The molecular formula is C16H31F3O5SSiSn. The van der Waals surface area contributed by atoms with E-state index in [0.29, 0.717) is 29.0 Å². The second-order valence-corrected chi connectivity index (χ2v) is 16.9. The van der Waals surface area contributed by atoms with Crippen LogP contribution in [0.25, 0.3) is 0 Å². The van der Waals surface area contributed by atoms with Gasteiger partial charge in [0.05, 0.1) is 0 Å². The fraction of sp³-hybridized carbons (Fsp3) is 0.875. The standard InChI is InChI=1S/C15H32O2Si.CHF3O3S.Sn/c1-9-15(16)14(8)10-17-18(11(2)3,12(4)5)13(6)7;2-1(3,4)8(5,6)7;/h9,11-14,16H,10H2,1-8H3;(H,5,6,7);/q;;+2/p-2/b15-9+;;/t14-;;/m1../s1. The van der Waals surface area contributed by atoms with Gasteiger partial charge in [-0.2, -0.15) is 0 Å². The van der Waals surface area contributed by atoms with Crippen molar-refractivity contribution in [3.8, 4) is 0 Å². The summed E-state index contributed by atoms with van der Waals surface area (Å²) in [6.07, 6.45) is 1.61. The number of hydrogen-bond donors (Lipinski definition) is 0. The van der Waals surface area contributed by atoms with Crippen LogP contribution in [0.1, 0.15) is 55.4 Å². The molecule has 0 fully saturated rings. The SMILES string of the molecule is C/C=C(/[O][Sn][O]S(=O)(=O)C(F)(F)F)[C@H](C)CO[Si](C(C)C)(C(C)C)C(C)C. The van der Waals surface area contributed by atoms with Gasteiger partial charge in [-0.1, -0.05) is 0 Å². The average molecular weight is 539 g/mol. The zero-order valence-electron chi connectivity index (χ0n) is 17.2. The third kappa shape index (κ3) is 7.20. The van der Waals surface area contributed by atoms with E-state index in [4.69, 9.17) is 7.50 Å². The monoisotopic (exact) mass is 540 g/mol. The van der Waals surface area contributed by atoms with Crippen LogP contribution in [0.2, 0.25) is 16.6 Å². The minimum absolute atomic E-state index is 0.212. The fourth-order valence-corrected chi connectivity index (χ4v) is 12.3. The van der Waals surface area contributed by atoms with Crippen LogP contribution in [0.3, 0.4) is 0 Å². The first-order chi connectivity index (χ1) is 12.1. The molecule has 1 atom stereocenters. The molecule has 0 aliphatic carbocycles. The summed E-state index contributed by atoms with van der Waals surface area (Å²) in [4.78, 5) is 0. The molecule has 27 heavy (non-hydrogen) atoms. The first-order valence-corrected chi connectivity index (χ1v) is 14.7. The molecule has 0 bridgehead atoms. The number of hydrogen-bond acceptors (Lipinski definition) is 5. The van der Waals surface area contributed by atoms with Crippen molar-refractivity contribution in [3.63, 3.8) is 0 Å². The van der Waals surface area contributed by atoms with Gasteiger partial charge >= 0.3 is 174 Å². The maximum absolute atomic E-state index is 12.3. The van der Waals surface area contributed by atoms with Gasteiger partial charge < -0.3 is 0 Å². The van der Waals surface area contributed by atoms with E-state index in [2.05, 4.69) is 44.1 Å². The van der Waals surface area contributed by atoms with Crippen molar-refractivity contribution in [1.82, 2.24) is 0 Å². The van der Waals surface area contributed by atoms with Gasteiger partial charge in [0.1, 0.15) is 0 Å². The molecule has 2 radical (unpaired) electrons. The van der Waals surface area contributed by atoms with Crippen LogP contribution in [0.5, 0.6) is 0 Å². The quantitative estimate of drug-likeness (QED) is 0.207. The molecule has 0 aromatic heterocycles. The maximum atomic E-state index is 12.3. The van der Waals surface area contributed by atoms with Gasteiger partial charge in [0.2, 0.25) is 0 Å². The molecule has 0 heterocycles. The van der Waals surface area contributed by atoms with E-state index in [1.165, 1.54) is 0 Å². The van der Waals surface area contributed by atoms with Gasteiger partial charge in [-0.25, -0.2) is 0 Å². The van der Waals surface area contributed by atoms with Crippen molar-refractivity contribution in [1.29, 1.82) is 0 Å². The van der Waals surface area contributed by atoms with E-state index in [1.54, 1.807) is 13.0 Å². The van der Waals surface area contributed by atoms with E-state index in [-0.39, 0.29) is 5.92 Å². The third-order valence-corrected chi connectivity index (χ3v) is 15.0. The van der Waals surface area contributed by atoms with Crippen molar-refractivity contribution >= 4 is 40.4 Å². The molecule has 0 amide bonds. The molecule has 5 nitrogen and oxygen atoms in total. The predicted octanol–water partition coefficient (Wildman–Crippen LogP) is 5.14. The van der Waals surface area contributed by atoms with E-state index in [0.717, 1.165) is 0 Å². The molecule has 0 aliphatic heterocycles. The number of allylic oxidation sites excluding steroid dienone is 1. The summed E-state index contributed by atoms with van der Waals surface area (Å²) >= 11 is -2.70. The van der Waals surface area contributed by atoms with Gasteiger partial charge in [0, 0.05) is 0 Å². The molecule has 0 spiro atoms. The molecule has 0 saturated heterocycles. The van der Waals surface area contributed by atoms with Crippen LogP contribution in [0.15, 0.2) is 11.8 Å².